The van der Waals surface area contributed by atoms with Crippen molar-refractivity contribution in [3.63, 3.8) is 0 Å². The van der Waals surface area contributed by atoms with Crippen LogP contribution in [0.25, 0.3) is 0 Å². The van der Waals surface area contributed by atoms with Crippen molar-refractivity contribution in [3.05, 3.63) is 22.8 Å². The summed E-state index contributed by atoms with van der Waals surface area (Å²) in [4.78, 5) is 59.5. The van der Waals surface area contributed by atoms with E-state index in [-0.39, 0.29) is 23.9 Å². The van der Waals surface area contributed by atoms with Gasteiger partial charge in [0.15, 0.2) is 6.10 Å². The van der Waals surface area contributed by atoms with E-state index in [1.807, 2.05) is 0 Å². The topological polar surface area (TPSA) is 136 Å². The van der Waals surface area contributed by atoms with Gasteiger partial charge in [0.25, 0.3) is 11.4 Å². The van der Waals surface area contributed by atoms with E-state index in [2.05, 4.69) is 25.3 Å². The van der Waals surface area contributed by atoms with E-state index in [0.29, 0.717) is 12.3 Å². The lowest BCUT2D eigenvalue weighted by atomic mass is 9.83. The number of pyridine rings is 1. The first-order chi connectivity index (χ1) is 15.0. The molecule has 2 N–H and O–H groups in total. The largest absolute Gasteiger partial charge is 0.467 e. The lowest BCUT2D eigenvalue weighted by Crippen LogP contribution is -2.61. The smallest absolute Gasteiger partial charge is 0.417 e. The molecule has 2 saturated heterocycles. The standard InChI is InChI=1S/C17H16ClF3N4O7/c1-30-14(28)16(15(29)31-2)9-10(32-24-16)13(27)25(12(9)26)4-3-22-11-8(18)5-7(6-23-11)17(19,20)21/h5-6,9-10,24H,3-4H2,1-2H3,(H,22,23)/t9-,10+/m1/s1. The summed E-state index contributed by atoms with van der Waals surface area (Å²) in [6, 6.07) is 0.675. The van der Waals surface area contributed by atoms with Gasteiger partial charge in [-0.25, -0.2) is 14.6 Å². The van der Waals surface area contributed by atoms with Gasteiger partial charge in [-0.3, -0.25) is 19.3 Å². The lowest BCUT2D eigenvalue weighted by molar-refractivity contribution is -0.171. The van der Waals surface area contributed by atoms with Gasteiger partial charge in [0, 0.05) is 19.3 Å². The van der Waals surface area contributed by atoms with Gasteiger partial charge in [-0.1, -0.05) is 11.6 Å². The molecule has 3 rings (SSSR count). The number of fused-ring (bicyclic) bond motifs is 1. The van der Waals surface area contributed by atoms with Crippen molar-refractivity contribution >= 4 is 41.2 Å². The third-order valence-electron chi connectivity index (χ3n) is 4.97. The van der Waals surface area contributed by atoms with E-state index in [9.17, 15) is 32.3 Å². The molecular formula is C17H16ClF3N4O7. The van der Waals surface area contributed by atoms with Gasteiger partial charge in [-0.2, -0.15) is 18.7 Å². The second kappa shape index (κ2) is 8.52. The molecule has 2 aliphatic heterocycles. The molecule has 11 nitrogen and oxygen atoms in total. The Labute approximate surface area is 183 Å². The van der Waals surface area contributed by atoms with E-state index < -0.39 is 53.1 Å². The van der Waals surface area contributed by atoms with Crippen LogP contribution >= 0.6 is 11.6 Å². The molecule has 0 saturated carbocycles. The minimum Gasteiger partial charge on any atom is -0.467 e. The van der Waals surface area contributed by atoms with Crippen molar-refractivity contribution in [2.75, 3.05) is 32.6 Å². The summed E-state index contributed by atoms with van der Waals surface area (Å²) in [6.45, 7) is -0.433. The van der Waals surface area contributed by atoms with Gasteiger partial charge >= 0.3 is 18.1 Å². The maximum atomic E-state index is 12.9. The number of imide groups is 1. The quantitative estimate of drug-likeness (QED) is 0.328. The molecule has 2 amide bonds. The number of rotatable bonds is 6. The monoisotopic (exact) mass is 480 g/mol. The van der Waals surface area contributed by atoms with Crippen LogP contribution in [0, 0.1) is 5.92 Å². The molecule has 1 aromatic rings. The number of amides is 2. The van der Waals surface area contributed by atoms with Crippen LogP contribution in [0.15, 0.2) is 12.3 Å². The molecule has 1 aromatic heterocycles. The molecule has 2 atom stereocenters. The Morgan fingerprint density at radius 3 is 2.44 bits per heavy atom. The van der Waals surface area contributed by atoms with Gasteiger partial charge in [0.1, 0.15) is 11.7 Å². The van der Waals surface area contributed by atoms with Crippen LogP contribution in [-0.2, 0) is 39.7 Å². The van der Waals surface area contributed by atoms with Crippen LogP contribution < -0.4 is 10.8 Å². The number of alkyl halides is 3. The zero-order valence-corrected chi connectivity index (χ0v) is 17.2. The first-order valence-electron chi connectivity index (χ1n) is 8.90. The number of nitrogens with zero attached hydrogens (tertiary/aromatic N) is 2. The summed E-state index contributed by atoms with van der Waals surface area (Å²) in [5, 5.41) is 2.30. The molecule has 0 bridgehead atoms. The van der Waals surface area contributed by atoms with E-state index >= 15 is 0 Å². The normalized spacial score (nSPS) is 22.0. The number of hydroxylamine groups is 1. The van der Waals surface area contributed by atoms with E-state index in [1.54, 1.807) is 0 Å². The van der Waals surface area contributed by atoms with Crippen LogP contribution in [-0.4, -0.2) is 72.6 Å². The maximum Gasteiger partial charge on any atom is 0.417 e. The van der Waals surface area contributed by atoms with E-state index in [0.717, 1.165) is 19.1 Å². The molecule has 0 unspecified atom stereocenters. The zero-order valence-electron chi connectivity index (χ0n) is 16.5. The number of likely N-dealkylation sites (tertiary alicyclic amines) is 1. The Bertz CT molecular complexity index is 958. The minimum absolute atomic E-state index is 0.102. The molecule has 2 aliphatic rings. The van der Waals surface area contributed by atoms with Crippen LogP contribution in [0.4, 0.5) is 19.0 Å². The van der Waals surface area contributed by atoms with Crippen molar-refractivity contribution in [1.82, 2.24) is 15.4 Å². The first-order valence-corrected chi connectivity index (χ1v) is 9.28. The summed E-state index contributed by atoms with van der Waals surface area (Å²) in [5.41, 5.74) is -1.31. The van der Waals surface area contributed by atoms with Crippen LogP contribution in [0.3, 0.4) is 0 Å². The van der Waals surface area contributed by atoms with Gasteiger partial charge in [0.05, 0.1) is 24.8 Å². The molecule has 0 spiro atoms. The number of ether oxygens (including phenoxy) is 2. The number of carbonyl (C=O) groups excluding carboxylic acids is 4. The Morgan fingerprint density at radius 2 is 1.91 bits per heavy atom. The number of hydrogen-bond donors (Lipinski definition) is 2. The average Bonchev–Trinajstić information content (AvgIpc) is 3.26. The van der Waals surface area contributed by atoms with Gasteiger partial charge in [0.2, 0.25) is 5.91 Å². The van der Waals surface area contributed by atoms with Gasteiger partial charge in [-0.15, -0.1) is 0 Å². The van der Waals surface area contributed by atoms with Crippen molar-refractivity contribution in [1.29, 1.82) is 0 Å². The molecule has 0 radical (unpaired) electrons. The summed E-state index contributed by atoms with van der Waals surface area (Å²) >= 11 is 5.80. The molecular weight excluding hydrogens is 465 g/mol. The Kier molecular flexibility index (Phi) is 6.31. The minimum atomic E-state index is -4.62. The predicted octanol–water partition coefficient (Wildman–Crippen LogP) is 0.139. The van der Waals surface area contributed by atoms with Crippen molar-refractivity contribution in [2.45, 2.75) is 17.8 Å². The molecule has 0 aliphatic carbocycles. The average molecular weight is 481 g/mol. The fraction of sp³-hybridized carbons (Fsp3) is 0.471. The number of hydrogen-bond acceptors (Lipinski definition) is 10. The number of nitrogens with one attached hydrogen (secondary N) is 2. The van der Waals surface area contributed by atoms with E-state index in [1.165, 1.54) is 0 Å². The van der Waals surface area contributed by atoms with Crippen molar-refractivity contribution < 1.29 is 46.7 Å². The Balaban J connectivity index is 1.74. The van der Waals surface area contributed by atoms with E-state index in [4.69, 9.17) is 16.4 Å². The summed E-state index contributed by atoms with van der Waals surface area (Å²) < 4.78 is 47.3. The Hall–Kier alpha value is -2.97. The Morgan fingerprint density at radius 1 is 1.28 bits per heavy atom. The molecule has 2 fully saturated rings. The summed E-state index contributed by atoms with van der Waals surface area (Å²) in [7, 11) is 1.96. The highest BCUT2D eigenvalue weighted by atomic mass is 35.5. The van der Waals surface area contributed by atoms with Gasteiger partial charge in [-0.05, 0) is 6.07 Å². The summed E-state index contributed by atoms with van der Waals surface area (Å²) in [5.74, 6) is -5.79. The highest BCUT2D eigenvalue weighted by Crippen LogP contribution is 2.39. The number of halogens is 4. The zero-order chi connectivity index (χ0) is 23.8. The van der Waals surface area contributed by atoms with Crippen LogP contribution in [0.2, 0.25) is 5.02 Å². The van der Waals surface area contributed by atoms with Crippen LogP contribution in [0.5, 0.6) is 0 Å². The van der Waals surface area contributed by atoms with Crippen LogP contribution in [0.1, 0.15) is 5.56 Å². The molecule has 0 aromatic carbocycles. The maximum absolute atomic E-state index is 12.9. The fourth-order valence-electron chi connectivity index (χ4n) is 3.42. The molecule has 15 heteroatoms. The first kappa shape index (κ1) is 23.7. The second-order valence-corrected chi connectivity index (χ2v) is 7.12. The molecule has 174 valence electrons. The number of esters is 2. The molecule has 32 heavy (non-hydrogen) atoms. The second-order valence-electron chi connectivity index (χ2n) is 6.72. The lowest BCUT2D eigenvalue weighted by Gasteiger charge is -2.26. The number of methoxy groups -OCH3 is 2. The fourth-order valence-corrected chi connectivity index (χ4v) is 3.66. The summed E-state index contributed by atoms with van der Waals surface area (Å²) in [6.07, 6.45) is -5.54. The van der Waals surface area contributed by atoms with Gasteiger partial charge < -0.3 is 14.8 Å². The SMILES string of the molecule is COC(=O)C1(C(=O)OC)NO[C@@H]2C(=O)N(CCNc3ncc(C(F)(F)F)cc3Cl)C(=O)[C@@H]21. The molecule has 3 heterocycles. The van der Waals surface area contributed by atoms with Crippen molar-refractivity contribution in [3.8, 4) is 0 Å². The third kappa shape index (κ3) is 3.73. The highest BCUT2D eigenvalue weighted by molar-refractivity contribution is 6.33. The highest BCUT2D eigenvalue weighted by Gasteiger charge is 2.71. The predicted molar refractivity (Wildman–Crippen MR) is 97.7 cm³/mol. The number of carbonyl (C=O) groups is 4. The number of anilines is 1. The van der Waals surface area contributed by atoms with Crippen molar-refractivity contribution in [2.24, 2.45) is 5.92 Å². The number of aromatic nitrogens is 1. The third-order valence-corrected chi connectivity index (χ3v) is 5.26.